The van der Waals surface area contributed by atoms with Crippen LogP contribution in [0.1, 0.15) is 25.7 Å². The molecule has 2 heterocycles. The van der Waals surface area contributed by atoms with Crippen LogP contribution in [-0.4, -0.2) is 43.0 Å². The van der Waals surface area contributed by atoms with E-state index in [1.807, 2.05) is 0 Å². The van der Waals surface area contributed by atoms with Crippen molar-refractivity contribution in [3.8, 4) is 0 Å². The highest BCUT2D eigenvalue weighted by Crippen LogP contribution is 2.48. The fraction of sp³-hybridized carbons (Fsp3) is 1.00. The molecule has 2 nitrogen and oxygen atoms in total. The monoisotopic (exact) mass is 230 g/mol. The Balaban J connectivity index is 1.64. The molecular formula is C12H20F2N2. The average molecular weight is 230 g/mol. The predicted octanol–water partition coefficient (Wildman–Crippen LogP) is 1.72. The summed E-state index contributed by atoms with van der Waals surface area (Å²) >= 11 is 0. The number of hydrogen-bond donors (Lipinski definition) is 1. The zero-order valence-electron chi connectivity index (χ0n) is 9.59. The molecule has 16 heavy (non-hydrogen) atoms. The smallest absolute Gasteiger partial charge is 0.252 e. The lowest BCUT2D eigenvalue weighted by Crippen LogP contribution is -2.43. The molecule has 3 aliphatic rings. The van der Waals surface area contributed by atoms with Crippen molar-refractivity contribution in [1.29, 1.82) is 0 Å². The molecule has 0 amide bonds. The molecule has 4 heteroatoms. The highest BCUT2D eigenvalue weighted by atomic mass is 19.3. The van der Waals surface area contributed by atoms with Gasteiger partial charge in [0.05, 0.1) is 0 Å². The lowest BCUT2D eigenvalue weighted by Gasteiger charge is -2.32. The molecule has 0 aromatic rings. The maximum Gasteiger partial charge on any atom is 0.252 e. The number of likely N-dealkylation sites (tertiary alicyclic amines) is 1. The van der Waals surface area contributed by atoms with Crippen LogP contribution in [-0.2, 0) is 0 Å². The third-order valence-electron chi connectivity index (χ3n) is 4.69. The summed E-state index contributed by atoms with van der Waals surface area (Å²) in [7, 11) is 0. The predicted molar refractivity (Wildman–Crippen MR) is 58.6 cm³/mol. The van der Waals surface area contributed by atoms with Crippen LogP contribution >= 0.6 is 0 Å². The molecular weight excluding hydrogens is 210 g/mol. The summed E-state index contributed by atoms with van der Waals surface area (Å²) < 4.78 is 27.2. The number of nitrogens with one attached hydrogen (secondary N) is 1. The van der Waals surface area contributed by atoms with Gasteiger partial charge in [0.1, 0.15) is 0 Å². The first-order valence-electron chi connectivity index (χ1n) is 6.49. The lowest BCUT2D eigenvalue weighted by atomic mass is 9.99. The van der Waals surface area contributed by atoms with Gasteiger partial charge in [0.2, 0.25) is 0 Å². The van der Waals surface area contributed by atoms with E-state index in [2.05, 4.69) is 10.2 Å². The third-order valence-corrected chi connectivity index (χ3v) is 4.69. The van der Waals surface area contributed by atoms with Gasteiger partial charge in [0.25, 0.3) is 5.92 Å². The molecule has 1 N–H and O–H groups in total. The molecule has 1 aliphatic carbocycles. The van der Waals surface area contributed by atoms with Gasteiger partial charge in [-0.1, -0.05) is 0 Å². The SMILES string of the molecule is FC1(F)CC[C@H]2CN(C3CCNCC3)C[C@H]21. The fourth-order valence-electron chi connectivity index (χ4n) is 3.71. The Labute approximate surface area is 95.4 Å². The molecule has 0 bridgehead atoms. The van der Waals surface area contributed by atoms with E-state index in [9.17, 15) is 8.78 Å². The molecule has 1 saturated carbocycles. The second-order valence-corrected chi connectivity index (χ2v) is 5.60. The van der Waals surface area contributed by atoms with Gasteiger partial charge in [0.15, 0.2) is 0 Å². The van der Waals surface area contributed by atoms with E-state index in [0.717, 1.165) is 38.9 Å². The van der Waals surface area contributed by atoms with E-state index in [1.165, 1.54) is 0 Å². The number of rotatable bonds is 1. The molecule has 92 valence electrons. The minimum atomic E-state index is -2.38. The molecule has 0 radical (unpaired) electrons. The molecule has 0 aromatic heterocycles. The van der Waals surface area contributed by atoms with Gasteiger partial charge in [0, 0.05) is 31.5 Å². The van der Waals surface area contributed by atoms with E-state index >= 15 is 0 Å². The van der Waals surface area contributed by atoms with Gasteiger partial charge < -0.3 is 5.32 Å². The van der Waals surface area contributed by atoms with Crippen molar-refractivity contribution in [2.45, 2.75) is 37.6 Å². The van der Waals surface area contributed by atoms with Crippen LogP contribution in [0.15, 0.2) is 0 Å². The lowest BCUT2D eigenvalue weighted by molar-refractivity contribution is -0.0415. The number of alkyl halides is 2. The first-order valence-corrected chi connectivity index (χ1v) is 6.49. The Morgan fingerprint density at radius 1 is 1.06 bits per heavy atom. The second-order valence-electron chi connectivity index (χ2n) is 5.60. The van der Waals surface area contributed by atoms with E-state index in [-0.39, 0.29) is 18.3 Å². The van der Waals surface area contributed by atoms with E-state index < -0.39 is 5.92 Å². The van der Waals surface area contributed by atoms with Crippen molar-refractivity contribution in [2.75, 3.05) is 26.2 Å². The zero-order chi connectivity index (χ0) is 11.2. The molecule has 2 atom stereocenters. The summed E-state index contributed by atoms with van der Waals surface area (Å²) in [6, 6.07) is 0.558. The van der Waals surface area contributed by atoms with Crippen molar-refractivity contribution in [3.05, 3.63) is 0 Å². The minimum Gasteiger partial charge on any atom is -0.317 e. The summed E-state index contributed by atoms with van der Waals surface area (Å²) in [4.78, 5) is 2.34. The number of nitrogens with zero attached hydrogens (tertiary/aromatic N) is 1. The summed E-state index contributed by atoms with van der Waals surface area (Å²) in [5.74, 6) is -2.46. The molecule has 3 rings (SSSR count). The topological polar surface area (TPSA) is 15.3 Å². The number of fused-ring (bicyclic) bond motifs is 1. The number of halogens is 2. The van der Waals surface area contributed by atoms with Crippen LogP contribution in [0, 0.1) is 11.8 Å². The summed E-state index contributed by atoms with van der Waals surface area (Å²) in [6.45, 7) is 3.66. The third kappa shape index (κ3) is 1.76. The van der Waals surface area contributed by atoms with Crippen LogP contribution in [0.5, 0.6) is 0 Å². The van der Waals surface area contributed by atoms with Gasteiger partial charge in [-0.25, -0.2) is 8.78 Å². The van der Waals surface area contributed by atoms with Gasteiger partial charge in [-0.3, -0.25) is 4.90 Å². The first kappa shape index (κ1) is 10.9. The summed E-state index contributed by atoms with van der Waals surface area (Å²) in [5, 5.41) is 3.33. The van der Waals surface area contributed by atoms with E-state index in [1.54, 1.807) is 0 Å². The standard InChI is InChI=1S/C12H20F2N2/c13-12(14)4-1-9-7-16(8-11(9)12)10-2-5-15-6-3-10/h9-11,15H,1-8H2/t9-,11+/m0/s1. The van der Waals surface area contributed by atoms with E-state index in [0.29, 0.717) is 12.6 Å². The van der Waals surface area contributed by atoms with Crippen LogP contribution in [0.2, 0.25) is 0 Å². The molecule has 2 saturated heterocycles. The molecule has 2 aliphatic heterocycles. The minimum absolute atomic E-state index is 0.127. The van der Waals surface area contributed by atoms with Crippen LogP contribution in [0.4, 0.5) is 8.78 Å². The van der Waals surface area contributed by atoms with Crippen molar-refractivity contribution in [1.82, 2.24) is 10.2 Å². The molecule has 0 aromatic carbocycles. The normalized spacial score (nSPS) is 40.1. The fourth-order valence-corrected chi connectivity index (χ4v) is 3.71. The Hall–Kier alpha value is -0.220. The highest BCUT2D eigenvalue weighted by molar-refractivity contribution is 4.99. The Morgan fingerprint density at radius 2 is 1.81 bits per heavy atom. The van der Waals surface area contributed by atoms with Crippen molar-refractivity contribution >= 4 is 0 Å². The molecule has 3 fully saturated rings. The van der Waals surface area contributed by atoms with E-state index in [4.69, 9.17) is 0 Å². The van der Waals surface area contributed by atoms with Crippen LogP contribution in [0.25, 0.3) is 0 Å². The summed E-state index contributed by atoms with van der Waals surface area (Å²) in [6.07, 6.45) is 3.12. The highest BCUT2D eigenvalue weighted by Gasteiger charge is 2.54. The number of piperidine rings is 1. The largest absolute Gasteiger partial charge is 0.317 e. The quantitative estimate of drug-likeness (QED) is 0.738. The molecule has 0 unspecified atom stereocenters. The van der Waals surface area contributed by atoms with Crippen LogP contribution < -0.4 is 5.32 Å². The van der Waals surface area contributed by atoms with Crippen molar-refractivity contribution in [3.63, 3.8) is 0 Å². The maximum atomic E-state index is 13.6. The number of hydrogen-bond acceptors (Lipinski definition) is 2. The van der Waals surface area contributed by atoms with Crippen LogP contribution in [0.3, 0.4) is 0 Å². The zero-order valence-corrected chi connectivity index (χ0v) is 9.59. The van der Waals surface area contributed by atoms with Crippen molar-refractivity contribution < 1.29 is 8.78 Å². The maximum absolute atomic E-state index is 13.6. The van der Waals surface area contributed by atoms with Gasteiger partial charge in [-0.2, -0.15) is 0 Å². The summed E-state index contributed by atoms with van der Waals surface area (Å²) in [5.41, 5.74) is 0. The molecule has 0 spiro atoms. The van der Waals surface area contributed by atoms with Crippen molar-refractivity contribution in [2.24, 2.45) is 11.8 Å². The Morgan fingerprint density at radius 3 is 2.50 bits per heavy atom. The van der Waals surface area contributed by atoms with Gasteiger partial charge in [-0.15, -0.1) is 0 Å². The first-order chi connectivity index (χ1) is 7.67. The Bertz CT molecular complexity index is 264. The van der Waals surface area contributed by atoms with Gasteiger partial charge in [-0.05, 0) is 38.3 Å². The Kier molecular flexibility index (Phi) is 2.67. The van der Waals surface area contributed by atoms with Gasteiger partial charge >= 0.3 is 0 Å². The second kappa shape index (κ2) is 3.91. The average Bonchev–Trinajstić information content (AvgIpc) is 2.82.